The van der Waals surface area contributed by atoms with Crippen molar-refractivity contribution in [2.75, 3.05) is 0 Å². The number of hydrogen-bond acceptors (Lipinski definition) is 4. The van der Waals surface area contributed by atoms with E-state index in [2.05, 4.69) is 4.98 Å². The first-order valence-electron chi connectivity index (χ1n) is 4.32. The Kier molecular flexibility index (Phi) is 2.45. The van der Waals surface area contributed by atoms with Crippen LogP contribution in [0.3, 0.4) is 0 Å². The van der Waals surface area contributed by atoms with E-state index in [4.69, 9.17) is 4.42 Å². The van der Waals surface area contributed by atoms with Crippen LogP contribution in [0.4, 0.5) is 0 Å². The van der Waals surface area contributed by atoms with Gasteiger partial charge in [-0.15, -0.1) is 11.3 Å². The molecule has 0 fully saturated rings. The average Bonchev–Trinajstić information content (AvgIpc) is 2.87. The Morgan fingerprint density at radius 2 is 2.50 bits per heavy atom. The van der Waals surface area contributed by atoms with E-state index >= 15 is 0 Å². The first-order valence-corrected chi connectivity index (χ1v) is 5.26. The summed E-state index contributed by atoms with van der Waals surface area (Å²) in [5, 5.41) is 1.74. The summed E-state index contributed by atoms with van der Waals surface area (Å²) in [4.78, 5) is 15.8. The molecule has 0 unspecified atom stereocenters. The molecular weight excluding hydrogens is 198 g/mol. The molecule has 0 aliphatic rings. The molecule has 2 rings (SSSR count). The standard InChI is InChI=1S/C10H9NO2S/c1-2-9-7(3-4-13-9)10(12)8-5-14-6-11-8/h3-6H,2H2,1H3. The van der Waals surface area contributed by atoms with E-state index in [0.717, 1.165) is 12.2 Å². The first kappa shape index (κ1) is 9.15. The summed E-state index contributed by atoms with van der Waals surface area (Å²) in [5.41, 5.74) is 2.77. The van der Waals surface area contributed by atoms with Crippen molar-refractivity contribution in [1.82, 2.24) is 4.98 Å². The topological polar surface area (TPSA) is 43.1 Å². The molecule has 72 valence electrons. The van der Waals surface area contributed by atoms with Crippen molar-refractivity contribution in [2.45, 2.75) is 13.3 Å². The molecule has 0 atom stereocenters. The molecule has 0 aliphatic carbocycles. The molecular formula is C10H9NO2S. The van der Waals surface area contributed by atoms with E-state index in [1.54, 1.807) is 23.2 Å². The Morgan fingerprint density at radius 3 is 3.14 bits per heavy atom. The normalized spacial score (nSPS) is 10.4. The zero-order chi connectivity index (χ0) is 9.97. The maximum absolute atomic E-state index is 11.8. The van der Waals surface area contributed by atoms with Crippen LogP contribution in [0.25, 0.3) is 0 Å². The first-order chi connectivity index (χ1) is 6.83. The smallest absolute Gasteiger partial charge is 0.215 e. The lowest BCUT2D eigenvalue weighted by Crippen LogP contribution is -2.02. The van der Waals surface area contributed by atoms with Gasteiger partial charge < -0.3 is 4.42 Å². The number of hydrogen-bond donors (Lipinski definition) is 0. The number of nitrogens with zero attached hydrogens (tertiary/aromatic N) is 1. The zero-order valence-corrected chi connectivity index (χ0v) is 8.50. The SMILES string of the molecule is CCc1occc1C(=O)c1cscn1. The summed E-state index contributed by atoms with van der Waals surface area (Å²) < 4.78 is 5.19. The second kappa shape index (κ2) is 3.75. The van der Waals surface area contributed by atoms with E-state index < -0.39 is 0 Å². The molecule has 0 radical (unpaired) electrons. The lowest BCUT2D eigenvalue weighted by molar-refractivity contribution is 0.103. The van der Waals surface area contributed by atoms with Crippen LogP contribution >= 0.6 is 11.3 Å². The van der Waals surface area contributed by atoms with Crippen molar-refractivity contribution < 1.29 is 9.21 Å². The van der Waals surface area contributed by atoms with Crippen LogP contribution in [-0.2, 0) is 6.42 Å². The van der Waals surface area contributed by atoms with E-state index in [9.17, 15) is 4.79 Å². The summed E-state index contributed by atoms with van der Waals surface area (Å²) in [7, 11) is 0. The van der Waals surface area contributed by atoms with Crippen molar-refractivity contribution in [3.8, 4) is 0 Å². The second-order valence-corrected chi connectivity index (χ2v) is 3.53. The Labute approximate surface area is 85.4 Å². The van der Waals surface area contributed by atoms with Crippen LogP contribution in [0.5, 0.6) is 0 Å². The van der Waals surface area contributed by atoms with Gasteiger partial charge in [-0.05, 0) is 6.07 Å². The van der Waals surface area contributed by atoms with Crippen LogP contribution < -0.4 is 0 Å². The van der Waals surface area contributed by atoms with E-state index in [-0.39, 0.29) is 5.78 Å². The molecule has 2 aromatic heterocycles. The highest BCUT2D eigenvalue weighted by Gasteiger charge is 2.16. The van der Waals surface area contributed by atoms with E-state index in [0.29, 0.717) is 11.3 Å². The molecule has 0 aliphatic heterocycles. The summed E-state index contributed by atoms with van der Waals surface area (Å²) in [5.74, 6) is 0.667. The third-order valence-electron chi connectivity index (χ3n) is 1.98. The minimum absolute atomic E-state index is 0.0585. The Morgan fingerprint density at radius 1 is 1.64 bits per heavy atom. The number of carbonyl (C=O) groups is 1. The molecule has 0 bridgehead atoms. The summed E-state index contributed by atoms with van der Waals surface area (Å²) in [6.07, 6.45) is 2.26. The fraction of sp³-hybridized carbons (Fsp3) is 0.200. The van der Waals surface area contributed by atoms with Crippen molar-refractivity contribution in [2.24, 2.45) is 0 Å². The lowest BCUT2D eigenvalue weighted by atomic mass is 10.1. The molecule has 0 amide bonds. The predicted octanol–water partition coefficient (Wildman–Crippen LogP) is 2.53. The summed E-state index contributed by atoms with van der Waals surface area (Å²) >= 11 is 1.42. The number of furan rings is 1. The average molecular weight is 207 g/mol. The quantitative estimate of drug-likeness (QED) is 0.726. The third kappa shape index (κ3) is 1.48. The van der Waals surface area contributed by atoms with Gasteiger partial charge in [0.2, 0.25) is 5.78 Å². The molecule has 0 saturated heterocycles. The molecule has 0 spiro atoms. The van der Waals surface area contributed by atoms with Gasteiger partial charge in [0, 0.05) is 11.8 Å². The van der Waals surface area contributed by atoms with Crippen molar-refractivity contribution in [3.63, 3.8) is 0 Å². The van der Waals surface area contributed by atoms with Gasteiger partial charge in [0.25, 0.3) is 0 Å². The van der Waals surface area contributed by atoms with Crippen LogP contribution in [-0.4, -0.2) is 10.8 Å². The molecule has 0 saturated carbocycles. The number of aromatic nitrogens is 1. The number of thiazole rings is 1. The number of ketones is 1. The van der Waals surface area contributed by atoms with Gasteiger partial charge in [0.15, 0.2) is 0 Å². The van der Waals surface area contributed by atoms with Gasteiger partial charge in [0.1, 0.15) is 11.5 Å². The fourth-order valence-corrected chi connectivity index (χ4v) is 1.81. The Balaban J connectivity index is 2.36. The minimum Gasteiger partial charge on any atom is -0.469 e. The minimum atomic E-state index is -0.0585. The molecule has 0 N–H and O–H groups in total. The van der Waals surface area contributed by atoms with Gasteiger partial charge in [0.05, 0.1) is 17.3 Å². The maximum Gasteiger partial charge on any atom is 0.215 e. The molecule has 4 heteroatoms. The summed E-state index contributed by atoms with van der Waals surface area (Å²) in [6, 6.07) is 1.69. The van der Waals surface area contributed by atoms with E-state index in [1.807, 2.05) is 6.92 Å². The monoisotopic (exact) mass is 207 g/mol. The fourth-order valence-electron chi connectivity index (χ4n) is 1.28. The van der Waals surface area contributed by atoms with Gasteiger partial charge in [-0.25, -0.2) is 4.98 Å². The molecule has 3 nitrogen and oxygen atoms in total. The third-order valence-corrected chi connectivity index (χ3v) is 2.56. The zero-order valence-electron chi connectivity index (χ0n) is 7.69. The van der Waals surface area contributed by atoms with Crippen LogP contribution in [0.1, 0.15) is 28.7 Å². The highest BCUT2D eigenvalue weighted by molar-refractivity contribution is 7.07. The van der Waals surface area contributed by atoms with Crippen LogP contribution in [0, 0.1) is 0 Å². The number of carbonyl (C=O) groups excluding carboxylic acids is 1. The van der Waals surface area contributed by atoms with Crippen molar-refractivity contribution in [1.29, 1.82) is 0 Å². The predicted molar refractivity (Wildman–Crippen MR) is 53.6 cm³/mol. The number of rotatable bonds is 3. The van der Waals surface area contributed by atoms with Gasteiger partial charge in [-0.3, -0.25) is 4.79 Å². The lowest BCUT2D eigenvalue weighted by Gasteiger charge is -1.95. The van der Waals surface area contributed by atoms with Gasteiger partial charge >= 0.3 is 0 Å². The Hall–Kier alpha value is -1.42. The highest BCUT2D eigenvalue weighted by Crippen LogP contribution is 2.16. The van der Waals surface area contributed by atoms with E-state index in [1.165, 1.54) is 11.3 Å². The molecule has 2 heterocycles. The van der Waals surface area contributed by atoms with Crippen LogP contribution in [0.2, 0.25) is 0 Å². The van der Waals surface area contributed by atoms with Crippen molar-refractivity contribution >= 4 is 17.1 Å². The Bertz CT molecular complexity index is 431. The molecule has 14 heavy (non-hydrogen) atoms. The second-order valence-electron chi connectivity index (χ2n) is 2.81. The van der Waals surface area contributed by atoms with Crippen molar-refractivity contribution in [3.05, 3.63) is 40.2 Å². The largest absolute Gasteiger partial charge is 0.469 e. The maximum atomic E-state index is 11.8. The molecule has 0 aromatic carbocycles. The summed E-state index contributed by atoms with van der Waals surface area (Å²) in [6.45, 7) is 1.96. The highest BCUT2D eigenvalue weighted by atomic mass is 32.1. The van der Waals surface area contributed by atoms with Gasteiger partial charge in [-0.2, -0.15) is 0 Å². The molecule has 2 aromatic rings. The number of aryl methyl sites for hydroxylation is 1. The van der Waals surface area contributed by atoms with Gasteiger partial charge in [-0.1, -0.05) is 6.92 Å². The van der Waals surface area contributed by atoms with Crippen LogP contribution in [0.15, 0.2) is 27.6 Å².